The number of hydrogen-bond acceptors (Lipinski definition) is 2. The number of carbonyl (C=O) groups is 1. The van der Waals surface area contributed by atoms with Gasteiger partial charge in [0.25, 0.3) is 0 Å². The van der Waals surface area contributed by atoms with Gasteiger partial charge in [0.05, 0.1) is 0 Å². The van der Waals surface area contributed by atoms with Gasteiger partial charge in [0, 0.05) is 18.4 Å². The highest BCUT2D eigenvalue weighted by atomic mass is 32.2. The summed E-state index contributed by atoms with van der Waals surface area (Å²) in [4.78, 5) is 11.3. The van der Waals surface area contributed by atoms with Crippen LogP contribution in [0, 0.1) is 0 Å². The summed E-state index contributed by atoms with van der Waals surface area (Å²) in [6, 6.07) is 9.78. The lowest BCUT2D eigenvalue weighted by atomic mass is 10.2. The topological polar surface area (TPSA) is 29.1 Å². The average Bonchev–Trinajstić information content (AvgIpc) is 2.28. The van der Waals surface area contributed by atoms with E-state index in [9.17, 15) is 4.79 Å². The number of thioether (sulfide) groups is 1. The number of rotatable bonds is 5. The largest absolute Gasteiger partial charge is 0.352 e. The molecule has 1 N–H and O–H groups in total. The second kappa shape index (κ2) is 7.12. The molecule has 0 saturated heterocycles. The molecule has 0 aliphatic heterocycles. The first-order valence-corrected chi connectivity index (χ1v) is 6.22. The third kappa shape index (κ3) is 5.27. The van der Waals surface area contributed by atoms with E-state index in [-0.39, 0.29) is 5.91 Å². The standard InChI is InChI=1S/C12H15NOS/c1-15-10-9-13-12(14)8-7-11-5-3-2-4-6-11/h2-8H,9-10H2,1H3,(H,13,14)/b8-7+. The summed E-state index contributed by atoms with van der Waals surface area (Å²) in [5.41, 5.74) is 1.04. The molecule has 0 aromatic heterocycles. The fourth-order valence-electron chi connectivity index (χ4n) is 1.07. The molecule has 0 spiro atoms. The number of carbonyl (C=O) groups excluding carboxylic acids is 1. The van der Waals surface area contributed by atoms with Gasteiger partial charge in [-0.25, -0.2) is 0 Å². The van der Waals surface area contributed by atoms with E-state index in [4.69, 9.17) is 0 Å². The average molecular weight is 221 g/mol. The Morgan fingerprint density at radius 2 is 2.13 bits per heavy atom. The summed E-state index contributed by atoms with van der Waals surface area (Å²) in [5, 5.41) is 2.81. The van der Waals surface area contributed by atoms with E-state index in [2.05, 4.69) is 5.32 Å². The smallest absolute Gasteiger partial charge is 0.244 e. The third-order valence-corrected chi connectivity index (χ3v) is 2.44. The fourth-order valence-corrected chi connectivity index (χ4v) is 1.38. The summed E-state index contributed by atoms with van der Waals surface area (Å²) >= 11 is 1.72. The Hall–Kier alpha value is -1.22. The molecule has 3 heteroatoms. The minimum absolute atomic E-state index is 0.0343. The molecule has 0 unspecified atom stereocenters. The van der Waals surface area contributed by atoms with Crippen molar-refractivity contribution in [2.45, 2.75) is 0 Å². The second-order valence-electron chi connectivity index (χ2n) is 3.03. The van der Waals surface area contributed by atoms with Crippen molar-refractivity contribution in [3.63, 3.8) is 0 Å². The minimum Gasteiger partial charge on any atom is -0.352 e. The summed E-state index contributed by atoms with van der Waals surface area (Å²) in [6.45, 7) is 0.721. The molecule has 1 aromatic carbocycles. The van der Waals surface area contributed by atoms with E-state index >= 15 is 0 Å². The minimum atomic E-state index is -0.0343. The van der Waals surface area contributed by atoms with Crippen LogP contribution in [0.1, 0.15) is 5.56 Å². The Kier molecular flexibility index (Phi) is 5.63. The maximum atomic E-state index is 11.3. The number of amides is 1. The molecule has 0 atom stereocenters. The van der Waals surface area contributed by atoms with Crippen LogP contribution in [0.3, 0.4) is 0 Å². The molecule has 0 bridgehead atoms. The van der Waals surface area contributed by atoms with Crippen molar-refractivity contribution in [2.24, 2.45) is 0 Å². The summed E-state index contributed by atoms with van der Waals surface area (Å²) in [5.74, 6) is 0.915. The predicted molar refractivity (Wildman–Crippen MR) is 66.9 cm³/mol. The molecule has 0 radical (unpaired) electrons. The van der Waals surface area contributed by atoms with E-state index in [1.165, 1.54) is 0 Å². The zero-order valence-corrected chi connectivity index (χ0v) is 9.59. The van der Waals surface area contributed by atoms with Crippen LogP contribution in [0.4, 0.5) is 0 Å². The summed E-state index contributed by atoms with van der Waals surface area (Å²) in [7, 11) is 0. The molecule has 0 saturated carbocycles. The Balaban J connectivity index is 2.34. The van der Waals surface area contributed by atoms with E-state index in [1.54, 1.807) is 17.8 Å². The van der Waals surface area contributed by atoms with Crippen LogP contribution >= 0.6 is 11.8 Å². The van der Waals surface area contributed by atoms with Gasteiger partial charge in [0.2, 0.25) is 5.91 Å². The van der Waals surface area contributed by atoms with E-state index in [0.29, 0.717) is 0 Å². The van der Waals surface area contributed by atoms with Gasteiger partial charge in [-0.1, -0.05) is 30.3 Å². The molecule has 15 heavy (non-hydrogen) atoms. The van der Waals surface area contributed by atoms with E-state index in [0.717, 1.165) is 17.9 Å². The summed E-state index contributed by atoms with van der Waals surface area (Å²) < 4.78 is 0. The fraction of sp³-hybridized carbons (Fsp3) is 0.250. The number of benzene rings is 1. The van der Waals surface area contributed by atoms with E-state index in [1.807, 2.05) is 42.7 Å². The van der Waals surface area contributed by atoms with Gasteiger partial charge >= 0.3 is 0 Å². The van der Waals surface area contributed by atoms with Gasteiger partial charge in [-0.05, 0) is 17.9 Å². The van der Waals surface area contributed by atoms with Crippen LogP contribution in [0.25, 0.3) is 6.08 Å². The van der Waals surface area contributed by atoms with Gasteiger partial charge < -0.3 is 5.32 Å². The van der Waals surface area contributed by atoms with Crippen molar-refractivity contribution < 1.29 is 4.79 Å². The lowest BCUT2D eigenvalue weighted by molar-refractivity contribution is -0.116. The first-order valence-electron chi connectivity index (χ1n) is 4.83. The van der Waals surface area contributed by atoms with Crippen LogP contribution in [-0.4, -0.2) is 24.5 Å². The van der Waals surface area contributed by atoms with Crippen molar-refractivity contribution in [2.75, 3.05) is 18.6 Å². The van der Waals surface area contributed by atoms with Gasteiger partial charge in [0.1, 0.15) is 0 Å². The summed E-state index contributed by atoms with van der Waals surface area (Å²) in [6.07, 6.45) is 5.40. The van der Waals surface area contributed by atoms with Gasteiger partial charge in [-0.15, -0.1) is 0 Å². The molecule has 0 fully saturated rings. The molecule has 1 rings (SSSR count). The molecule has 80 valence electrons. The van der Waals surface area contributed by atoms with Crippen molar-refractivity contribution in [3.05, 3.63) is 42.0 Å². The van der Waals surface area contributed by atoms with Gasteiger partial charge in [0.15, 0.2) is 0 Å². The van der Waals surface area contributed by atoms with Crippen molar-refractivity contribution in [1.29, 1.82) is 0 Å². The van der Waals surface area contributed by atoms with E-state index < -0.39 is 0 Å². The van der Waals surface area contributed by atoms with Gasteiger partial charge in [-0.3, -0.25) is 4.79 Å². The Bertz CT molecular complexity index is 322. The second-order valence-corrected chi connectivity index (χ2v) is 4.01. The SMILES string of the molecule is CSCCNC(=O)/C=C/c1ccccc1. The highest BCUT2D eigenvalue weighted by Gasteiger charge is 1.92. The lowest BCUT2D eigenvalue weighted by Crippen LogP contribution is -2.23. The molecule has 2 nitrogen and oxygen atoms in total. The molecule has 1 aromatic rings. The van der Waals surface area contributed by atoms with Crippen LogP contribution < -0.4 is 5.32 Å². The van der Waals surface area contributed by atoms with Gasteiger partial charge in [-0.2, -0.15) is 11.8 Å². The maximum absolute atomic E-state index is 11.3. The maximum Gasteiger partial charge on any atom is 0.244 e. The third-order valence-electron chi connectivity index (χ3n) is 1.83. The quantitative estimate of drug-likeness (QED) is 0.610. The zero-order chi connectivity index (χ0) is 10.9. The first kappa shape index (κ1) is 11.9. The normalized spacial score (nSPS) is 10.5. The van der Waals surface area contributed by atoms with Crippen LogP contribution in [0.15, 0.2) is 36.4 Å². The monoisotopic (exact) mass is 221 g/mol. The predicted octanol–water partition coefficient (Wildman–Crippen LogP) is 2.18. The van der Waals surface area contributed by atoms with Crippen LogP contribution in [0.5, 0.6) is 0 Å². The molecular weight excluding hydrogens is 206 g/mol. The highest BCUT2D eigenvalue weighted by molar-refractivity contribution is 7.98. The van der Waals surface area contributed by atoms with Crippen molar-refractivity contribution in [1.82, 2.24) is 5.32 Å². The zero-order valence-electron chi connectivity index (χ0n) is 8.77. The molecule has 0 aliphatic carbocycles. The molecular formula is C12H15NOS. The number of nitrogens with one attached hydrogen (secondary N) is 1. The highest BCUT2D eigenvalue weighted by Crippen LogP contribution is 2.00. The number of hydrogen-bond donors (Lipinski definition) is 1. The van der Waals surface area contributed by atoms with Crippen LogP contribution in [-0.2, 0) is 4.79 Å². The van der Waals surface area contributed by atoms with Crippen molar-refractivity contribution >= 4 is 23.7 Å². The molecule has 0 aliphatic rings. The Labute approximate surface area is 94.8 Å². The Morgan fingerprint density at radius 1 is 1.40 bits per heavy atom. The van der Waals surface area contributed by atoms with Crippen LogP contribution in [0.2, 0.25) is 0 Å². The van der Waals surface area contributed by atoms with Crippen molar-refractivity contribution in [3.8, 4) is 0 Å². The molecule has 0 heterocycles. The molecule has 1 amide bonds. The Morgan fingerprint density at radius 3 is 2.80 bits per heavy atom. The lowest BCUT2D eigenvalue weighted by Gasteiger charge is -1.98. The first-order chi connectivity index (χ1) is 7.33.